The molecule has 0 unspecified atom stereocenters. The minimum absolute atomic E-state index is 0.567. The molecule has 0 amide bonds. The van der Waals surface area contributed by atoms with Gasteiger partial charge in [0, 0.05) is 30.5 Å². The lowest BCUT2D eigenvalue weighted by molar-refractivity contribution is 1.12. The first-order chi connectivity index (χ1) is 8.29. The maximum atomic E-state index is 5.75. The molecule has 1 aromatic carbocycles. The maximum absolute atomic E-state index is 5.75. The molecule has 1 N–H and O–H groups in total. The van der Waals surface area contributed by atoms with Crippen LogP contribution in [0.2, 0.25) is 0 Å². The largest absolute Gasteiger partial charge is 0.381 e. The molecule has 1 heterocycles. The molecular weight excluding hydrogens is 232 g/mol. The topological polar surface area (TPSA) is 24.9 Å². The lowest BCUT2D eigenvalue weighted by Crippen LogP contribution is -2.01. The number of halogens is 1. The molecule has 3 heteroatoms. The van der Waals surface area contributed by atoms with E-state index in [0.29, 0.717) is 5.88 Å². The summed E-state index contributed by atoms with van der Waals surface area (Å²) in [6.45, 7) is 2.86. The van der Waals surface area contributed by atoms with Crippen LogP contribution in [0.1, 0.15) is 16.7 Å². The molecule has 2 rings (SSSR count). The summed E-state index contributed by atoms with van der Waals surface area (Å²) in [5.41, 5.74) is 4.68. The summed E-state index contributed by atoms with van der Waals surface area (Å²) in [6.07, 6.45) is 3.66. The Bertz CT molecular complexity index is 480. The van der Waals surface area contributed by atoms with Crippen LogP contribution in [0, 0.1) is 6.92 Å². The Labute approximate surface area is 107 Å². The van der Waals surface area contributed by atoms with Gasteiger partial charge in [0.25, 0.3) is 0 Å². The summed E-state index contributed by atoms with van der Waals surface area (Å²) in [4.78, 5) is 4.07. The molecule has 0 radical (unpaired) electrons. The minimum atomic E-state index is 0.567. The second-order valence-electron chi connectivity index (χ2n) is 3.99. The SMILES string of the molecule is Cc1cnccc1NCc1ccc(CCl)cc1. The van der Waals surface area contributed by atoms with Crippen LogP contribution in [-0.4, -0.2) is 4.98 Å². The zero-order valence-electron chi connectivity index (χ0n) is 9.78. The highest BCUT2D eigenvalue weighted by molar-refractivity contribution is 6.17. The first kappa shape index (κ1) is 11.9. The van der Waals surface area contributed by atoms with Gasteiger partial charge in [-0.3, -0.25) is 4.98 Å². The molecule has 88 valence electrons. The van der Waals surface area contributed by atoms with E-state index in [2.05, 4.69) is 34.6 Å². The zero-order chi connectivity index (χ0) is 12.1. The number of pyridine rings is 1. The van der Waals surface area contributed by atoms with Crippen LogP contribution in [-0.2, 0) is 12.4 Å². The highest BCUT2D eigenvalue weighted by Crippen LogP contribution is 2.14. The molecule has 0 spiro atoms. The molecular formula is C14H15ClN2. The van der Waals surface area contributed by atoms with E-state index in [9.17, 15) is 0 Å². The molecule has 0 saturated carbocycles. The summed E-state index contributed by atoms with van der Waals surface area (Å²) < 4.78 is 0. The molecule has 0 saturated heterocycles. The summed E-state index contributed by atoms with van der Waals surface area (Å²) >= 11 is 5.75. The summed E-state index contributed by atoms with van der Waals surface area (Å²) in [5.74, 6) is 0.567. The van der Waals surface area contributed by atoms with E-state index in [0.717, 1.165) is 23.4 Å². The van der Waals surface area contributed by atoms with Crippen LogP contribution < -0.4 is 5.32 Å². The number of anilines is 1. The number of benzene rings is 1. The Morgan fingerprint density at radius 2 is 1.82 bits per heavy atom. The van der Waals surface area contributed by atoms with Crippen molar-refractivity contribution in [1.82, 2.24) is 4.98 Å². The van der Waals surface area contributed by atoms with E-state index >= 15 is 0 Å². The standard InChI is InChI=1S/C14H15ClN2/c1-11-9-16-7-6-14(11)17-10-13-4-2-12(8-15)3-5-13/h2-7,9H,8,10H2,1H3,(H,16,17). The van der Waals surface area contributed by atoms with Gasteiger partial charge in [-0.25, -0.2) is 0 Å². The number of alkyl halides is 1. The minimum Gasteiger partial charge on any atom is -0.381 e. The number of aryl methyl sites for hydroxylation is 1. The van der Waals surface area contributed by atoms with Crippen LogP contribution in [0.3, 0.4) is 0 Å². The van der Waals surface area contributed by atoms with Gasteiger partial charge in [-0.2, -0.15) is 0 Å². The van der Waals surface area contributed by atoms with Crippen LogP contribution in [0.25, 0.3) is 0 Å². The number of hydrogen-bond acceptors (Lipinski definition) is 2. The lowest BCUT2D eigenvalue weighted by Gasteiger charge is -2.09. The quantitative estimate of drug-likeness (QED) is 0.832. The molecule has 0 aliphatic heterocycles. The Balaban J connectivity index is 2.00. The van der Waals surface area contributed by atoms with Gasteiger partial charge in [0.1, 0.15) is 0 Å². The molecule has 0 fully saturated rings. The molecule has 2 aromatic rings. The third-order valence-electron chi connectivity index (χ3n) is 2.68. The summed E-state index contributed by atoms with van der Waals surface area (Å²) in [7, 11) is 0. The third kappa shape index (κ3) is 3.21. The normalized spacial score (nSPS) is 10.2. The Kier molecular flexibility index (Phi) is 3.99. The number of nitrogens with zero attached hydrogens (tertiary/aromatic N) is 1. The van der Waals surface area contributed by atoms with Crippen molar-refractivity contribution in [2.45, 2.75) is 19.3 Å². The second kappa shape index (κ2) is 5.69. The number of hydrogen-bond donors (Lipinski definition) is 1. The monoisotopic (exact) mass is 246 g/mol. The predicted molar refractivity (Wildman–Crippen MR) is 72.3 cm³/mol. The number of aromatic nitrogens is 1. The Morgan fingerprint density at radius 1 is 1.12 bits per heavy atom. The summed E-state index contributed by atoms with van der Waals surface area (Å²) in [6, 6.07) is 10.3. The molecule has 0 atom stereocenters. The fourth-order valence-electron chi connectivity index (χ4n) is 1.62. The summed E-state index contributed by atoms with van der Waals surface area (Å²) in [5, 5.41) is 3.39. The fourth-order valence-corrected chi connectivity index (χ4v) is 1.79. The van der Waals surface area contributed by atoms with Crippen molar-refractivity contribution in [1.29, 1.82) is 0 Å². The van der Waals surface area contributed by atoms with Crippen molar-refractivity contribution in [3.63, 3.8) is 0 Å². The number of nitrogens with one attached hydrogen (secondary N) is 1. The van der Waals surface area contributed by atoms with Gasteiger partial charge in [0.15, 0.2) is 0 Å². The molecule has 0 aliphatic rings. The van der Waals surface area contributed by atoms with E-state index < -0.39 is 0 Å². The van der Waals surface area contributed by atoms with E-state index in [1.54, 1.807) is 6.20 Å². The van der Waals surface area contributed by atoms with Gasteiger partial charge < -0.3 is 5.32 Å². The molecule has 17 heavy (non-hydrogen) atoms. The molecule has 0 aliphatic carbocycles. The van der Waals surface area contributed by atoms with Gasteiger partial charge in [0.2, 0.25) is 0 Å². The highest BCUT2D eigenvalue weighted by Gasteiger charge is 1.97. The van der Waals surface area contributed by atoms with Gasteiger partial charge in [0.05, 0.1) is 0 Å². The van der Waals surface area contributed by atoms with E-state index in [-0.39, 0.29) is 0 Å². The van der Waals surface area contributed by atoms with Gasteiger partial charge in [-0.05, 0) is 29.7 Å². The Hall–Kier alpha value is -1.54. The molecule has 1 aromatic heterocycles. The van der Waals surface area contributed by atoms with Gasteiger partial charge in [-0.1, -0.05) is 24.3 Å². The number of rotatable bonds is 4. The second-order valence-corrected chi connectivity index (χ2v) is 4.26. The van der Waals surface area contributed by atoms with Crippen LogP contribution in [0.4, 0.5) is 5.69 Å². The Morgan fingerprint density at radius 3 is 2.47 bits per heavy atom. The molecule has 0 bridgehead atoms. The third-order valence-corrected chi connectivity index (χ3v) is 2.99. The fraction of sp³-hybridized carbons (Fsp3) is 0.214. The average molecular weight is 247 g/mol. The first-order valence-electron chi connectivity index (χ1n) is 5.58. The van der Waals surface area contributed by atoms with Gasteiger partial charge in [-0.15, -0.1) is 11.6 Å². The zero-order valence-corrected chi connectivity index (χ0v) is 10.5. The predicted octanol–water partition coefficient (Wildman–Crippen LogP) is 3.74. The van der Waals surface area contributed by atoms with Crippen molar-refractivity contribution in [2.24, 2.45) is 0 Å². The van der Waals surface area contributed by atoms with Crippen molar-refractivity contribution in [3.05, 3.63) is 59.4 Å². The van der Waals surface area contributed by atoms with Crippen LogP contribution in [0.15, 0.2) is 42.7 Å². The van der Waals surface area contributed by atoms with Crippen LogP contribution in [0.5, 0.6) is 0 Å². The van der Waals surface area contributed by atoms with Crippen molar-refractivity contribution < 1.29 is 0 Å². The van der Waals surface area contributed by atoms with Crippen LogP contribution >= 0.6 is 11.6 Å². The first-order valence-corrected chi connectivity index (χ1v) is 6.11. The smallest absolute Gasteiger partial charge is 0.0474 e. The van der Waals surface area contributed by atoms with Crippen molar-refractivity contribution in [2.75, 3.05) is 5.32 Å². The van der Waals surface area contributed by atoms with Crippen molar-refractivity contribution >= 4 is 17.3 Å². The molecule has 2 nitrogen and oxygen atoms in total. The van der Waals surface area contributed by atoms with E-state index in [1.807, 2.05) is 19.2 Å². The average Bonchev–Trinajstić information content (AvgIpc) is 2.38. The highest BCUT2D eigenvalue weighted by atomic mass is 35.5. The van der Waals surface area contributed by atoms with E-state index in [1.165, 1.54) is 5.56 Å². The maximum Gasteiger partial charge on any atom is 0.0474 e. The van der Waals surface area contributed by atoms with E-state index in [4.69, 9.17) is 11.6 Å². The van der Waals surface area contributed by atoms with Gasteiger partial charge >= 0.3 is 0 Å². The lowest BCUT2D eigenvalue weighted by atomic mass is 10.1. The van der Waals surface area contributed by atoms with Crippen molar-refractivity contribution in [3.8, 4) is 0 Å².